The van der Waals surface area contributed by atoms with Crippen molar-refractivity contribution < 1.29 is 23.4 Å². The molecule has 0 N–H and O–H groups in total. The molecule has 0 amide bonds. The lowest BCUT2D eigenvalue weighted by Crippen LogP contribution is -2.38. The number of carbonyl (C=O) groups is 1. The molecule has 1 aromatic carbocycles. The van der Waals surface area contributed by atoms with Gasteiger partial charge in [-0.1, -0.05) is 45.9 Å². The Kier molecular flexibility index (Phi) is 5.40. The van der Waals surface area contributed by atoms with Crippen molar-refractivity contribution >= 4 is 6.16 Å². The molecular formula is C17H23FO4. The minimum atomic E-state index is -1.35. The van der Waals surface area contributed by atoms with Crippen molar-refractivity contribution in [2.45, 2.75) is 52.2 Å². The molecule has 0 radical (unpaired) electrons. The molecule has 5 heteroatoms. The van der Waals surface area contributed by atoms with Gasteiger partial charge in [-0.05, 0) is 24.0 Å². The first-order valence-electron chi connectivity index (χ1n) is 7.63. The van der Waals surface area contributed by atoms with Gasteiger partial charge in [0, 0.05) is 0 Å². The molecule has 0 aromatic heterocycles. The van der Waals surface area contributed by atoms with E-state index in [4.69, 9.17) is 14.2 Å². The molecule has 0 unspecified atom stereocenters. The number of rotatable bonds is 4. The first-order chi connectivity index (χ1) is 10.4. The second kappa shape index (κ2) is 7.09. The van der Waals surface area contributed by atoms with Gasteiger partial charge in [0.1, 0.15) is 11.9 Å². The van der Waals surface area contributed by atoms with Crippen molar-refractivity contribution in [3.05, 3.63) is 30.3 Å². The summed E-state index contributed by atoms with van der Waals surface area (Å²) >= 11 is 0. The van der Waals surface area contributed by atoms with Gasteiger partial charge in [0.15, 0.2) is 12.3 Å². The summed E-state index contributed by atoms with van der Waals surface area (Å²) in [6.07, 6.45) is -4.23. The minimum absolute atomic E-state index is 0.00925. The predicted molar refractivity (Wildman–Crippen MR) is 80.6 cm³/mol. The Morgan fingerprint density at radius 3 is 2.23 bits per heavy atom. The third kappa shape index (κ3) is 3.77. The van der Waals surface area contributed by atoms with Gasteiger partial charge in [-0.2, -0.15) is 0 Å². The topological polar surface area (TPSA) is 44.8 Å². The van der Waals surface area contributed by atoms with Gasteiger partial charge >= 0.3 is 6.16 Å². The van der Waals surface area contributed by atoms with Crippen molar-refractivity contribution in [3.8, 4) is 5.75 Å². The van der Waals surface area contributed by atoms with Crippen LogP contribution in [0.5, 0.6) is 5.75 Å². The number of para-hydroxylation sites is 1. The average Bonchev–Trinajstić information content (AvgIpc) is 2.77. The summed E-state index contributed by atoms with van der Waals surface area (Å²) in [5, 5.41) is 0. The fraction of sp³-hybridized carbons (Fsp3) is 0.588. The van der Waals surface area contributed by atoms with E-state index in [1.165, 1.54) is 0 Å². The highest BCUT2D eigenvalue weighted by Gasteiger charge is 2.49. The molecule has 4 nitrogen and oxygen atoms in total. The maximum Gasteiger partial charge on any atom is 0.514 e. The summed E-state index contributed by atoms with van der Waals surface area (Å²) < 4.78 is 30.6. The molecule has 0 bridgehead atoms. The van der Waals surface area contributed by atoms with Crippen LogP contribution in [0.25, 0.3) is 0 Å². The van der Waals surface area contributed by atoms with E-state index in [2.05, 4.69) is 0 Å². The Morgan fingerprint density at radius 2 is 1.68 bits per heavy atom. The van der Waals surface area contributed by atoms with E-state index in [-0.39, 0.29) is 11.8 Å². The highest BCUT2D eigenvalue weighted by atomic mass is 19.1. The molecule has 122 valence electrons. The van der Waals surface area contributed by atoms with Crippen LogP contribution in [0.15, 0.2) is 30.3 Å². The highest BCUT2D eigenvalue weighted by Crippen LogP contribution is 2.34. The van der Waals surface area contributed by atoms with E-state index in [1.54, 1.807) is 24.3 Å². The zero-order valence-corrected chi connectivity index (χ0v) is 13.4. The number of alkyl halides is 1. The van der Waals surface area contributed by atoms with E-state index in [9.17, 15) is 9.18 Å². The maximum atomic E-state index is 14.6. The molecule has 22 heavy (non-hydrogen) atoms. The molecule has 1 heterocycles. The van der Waals surface area contributed by atoms with Crippen LogP contribution in [-0.2, 0) is 9.47 Å². The van der Waals surface area contributed by atoms with Crippen molar-refractivity contribution in [1.82, 2.24) is 0 Å². The third-order valence-electron chi connectivity index (χ3n) is 3.76. The molecule has 1 aliphatic rings. The van der Waals surface area contributed by atoms with Crippen LogP contribution in [0.1, 0.15) is 27.7 Å². The smallest absolute Gasteiger partial charge is 0.425 e. The summed E-state index contributed by atoms with van der Waals surface area (Å²) in [6.45, 7) is 7.61. The molecule has 0 aliphatic carbocycles. The Labute approximate surface area is 130 Å². The standard InChI is InChI=1S/C17H23FO4/c1-10(2)14-13(18)16(15(21-14)11(3)4)22-17(19)20-12-8-6-5-7-9-12/h5-11,13-16H,1-4H3/t13-,14-,15+,16+/m0/s1. The van der Waals surface area contributed by atoms with Crippen LogP contribution in [-0.4, -0.2) is 30.6 Å². The van der Waals surface area contributed by atoms with E-state index >= 15 is 0 Å². The van der Waals surface area contributed by atoms with Gasteiger partial charge in [0.25, 0.3) is 0 Å². The summed E-state index contributed by atoms with van der Waals surface area (Å²) in [5.74, 6) is 0.412. The van der Waals surface area contributed by atoms with Crippen LogP contribution in [0, 0.1) is 11.8 Å². The fourth-order valence-corrected chi connectivity index (χ4v) is 2.62. The molecule has 0 spiro atoms. The largest absolute Gasteiger partial charge is 0.514 e. The molecule has 4 atom stereocenters. The first kappa shape index (κ1) is 16.7. The molecule has 1 aromatic rings. The predicted octanol–water partition coefficient (Wildman–Crippen LogP) is 3.99. The number of carbonyl (C=O) groups excluding carboxylic acids is 1. The Morgan fingerprint density at radius 1 is 1.09 bits per heavy atom. The summed E-state index contributed by atoms with van der Waals surface area (Å²) in [7, 11) is 0. The monoisotopic (exact) mass is 310 g/mol. The van der Waals surface area contributed by atoms with E-state index in [0.29, 0.717) is 5.75 Å². The van der Waals surface area contributed by atoms with Crippen molar-refractivity contribution in [1.29, 1.82) is 0 Å². The Bertz CT molecular complexity index is 489. The van der Waals surface area contributed by atoms with Crippen molar-refractivity contribution in [2.75, 3.05) is 0 Å². The van der Waals surface area contributed by atoms with Crippen molar-refractivity contribution in [2.24, 2.45) is 11.8 Å². The Balaban J connectivity index is 2.03. The summed E-state index contributed by atoms with van der Waals surface area (Å²) in [6, 6.07) is 8.56. The molecule has 2 rings (SSSR count). The highest BCUT2D eigenvalue weighted by molar-refractivity contribution is 5.64. The van der Waals surface area contributed by atoms with Gasteiger partial charge in [0.2, 0.25) is 0 Å². The zero-order chi connectivity index (χ0) is 16.3. The van der Waals surface area contributed by atoms with E-state index < -0.39 is 30.6 Å². The molecule has 1 aliphatic heterocycles. The SMILES string of the molecule is CC(C)[C@H]1O[C@@H](C(C)C)[C@H](F)[C@H]1OC(=O)Oc1ccccc1. The normalized spacial score (nSPS) is 28.1. The zero-order valence-electron chi connectivity index (χ0n) is 13.4. The van der Waals surface area contributed by atoms with Crippen LogP contribution in [0.3, 0.4) is 0 Å². The summed E-state index contributed by atoms with van der Waals surface area (Å²) in [5.41, 5.74) is 0. The number of benzene rings is 1. The lowest BCUT2D eigenvalue weighted by Gasteiger charge is -2.22. The maximum absolute atomic E-state index is 14.6. The number of halogens is 1. The van der Waals surface area contributed by atoms with E-state index in [1.807, 2.05) is 33.8 Å². The van der Waals surface area contributed by atoms with Crippen LogP contribution in [0.4, 0.5) is 9.18 Å². The van der Waals surface area contributed by atoms with Crippen LogP contribution in [0.2, 0.25) is 0 Å². The molecular weight excluding hydrogens is 287 g/mol. The van der Waals surface area contributed by atoms with Crippen molar-refractivity contribution in [3.63, 3.8) is 0 Å². The van der Waals surface area contributed by atoms with E-state index in [0.717, 1.165) is 0 Å². The fourth-order valence-electron chi connectivity index (χ4n) is 2.62. The average molecular weight is 310 g/mol. The third-order valence-corrected chi connectivity index (χ3v) is 3.76. The van der Waals surface area contributed by atoms with Gasteiger partial charge < -0.3 is 14.2 Å². The second-order valence-electron chi connectivity index (χ2n) is 6.25. The molecule has 0 saturated carbocycles. The lowest BCUT2D eigenvalue weighted by atomic mass is 9.97. The second-order valence-corrected chi connectivity index (χ2v) is 6.25. The van der Waals surface area contributed by atoms with Gasteiger partial charge in [-0.3, -0.25) is 0 Å². The lowest BCUT2D eigenvalue weighted by molar-refractivity contribution is -0.0397. The minimum Gasteiger partial charge on any atom is -0.425 e. The van der Waals surface area contributed by atoms with Gasteiger partial charge in [-0.25, -0.2) is 9.18 Å². The first-order valence-corrected chi connectivity index (χ1v) is 7.63. The molecule has 1 saturated heterocycles. The number of ether oxygens (including phenoxy) is 3. The molecule has 1 fully saturated rings. The van der Waals surface area contributed by atoms with Crippen LogP contribution < -0.4 is 4.74 Å². The Hall–Kier alpha value is -1.62. The number of hydrogen-bond acceptors (Lipinski definition) is 4. The number of hydrogen-bond donors (Lipinski definition) is 0. The quantitative estimate of drug-likeness (QED) is 0.623. The van der Waals surface area contributed by atoms with Gasteiger partial charge in [0.05, 0.1) is 6.10 Å². The van der Waals surface area contributed by atoms with Gasteiger partial charge in [-0.15, -0.1) is 0 Å². The van der Waals surface area contributed by atoms with Crippen LogP contribution >= 0.6 is 0 Å². The summed E-state index contributed by atoms with van der Waals surface area (Å²) in [4.78, 5) is 11.9.